The Kier molecular flexibility index (Phi) is 4.58. The van der Waals surface area contributed by atoms with Gasteiger partial charge in [-0.3, -0.25) is 4.79 Å². The second kappa shape index (κ2) is 5.50. The number of hydrogen-bond acceptors (Lipinski definition) is 2. The van der Waals surface area contributed by atoms with Crippen LogP contribution in [0.4, 0.5) is 0 Å². The molecule has 1 aliphatic rings. The van der Waals surface area contributed by atoms with Crippen LogP contribution < -0.4 is 11.1 Å². The van der Waals surface area contributed by atoms with Crippen molar-refractivity contribution in [3.05, 3.63) is 0 Å². The molecule has 3 N–H and O–H groups in total. The summed E-state index contributed by atoms with van der Waals surface area (Å²) in [6, 6.07) is 0.0975. The van der Waals surface area contributed by atoms with Gasteiger partial charge in [0.1, 0.15) is 0 Å². The number of carbonyl (C=O) groups excluding carboxylic acids is 1. The molecule has 0 bridgehead atoms. The molecule has 1 amide bonds. The van der Waals surface area contributed by atoms with Crippen LogP contribution in [0.5, 0.6) is 0 Å². The Hall–Kier alpha value is -0.570. The molecular weight excluding hydrogens is 188 g/mol. The van der Waals surface area contributed by atoms with Crippen molar-refractivity contribution in [1.82, 2.24) is 5.32 Å². The molecule has 0 aliphatic heterocycles. The van der Waals surface area contributed by atoms with Crippen molar-refractivity contribution in [2.24, 2.45) is 23.5 Å². The second-order valence-corrected chi connectivity index (χ2v) is 5.26. The van der Waals surface area contributed by atoms with E-state index < -0.39 is 0 Å². The van der Waals surface area contributed by atoms with Crippen molar-refractivity contribution in [2.75, 3.05) is 6.54 Å². The lowest BCUT2D eigenvalue weighted by atomic mass is 10.0. The van der Waals surface area contributed by atoms with Crippen LogP contribution in [0.15, 0.2) is 0 Å². The fourth-order valence-corrected chi connectivity index (χ4v) is 1.89. The highest BCUT2D eigenvalue weighted by Gasteiger charge is 2.32. The Labute approximate surface area is 92.8 Å². The van der Waals surface area contributed by atoms with E-state index >= 15 is 0 Å². The lowest BCUT2D eigenvalue weighted by molar-refractivity contribution is -0.125. The molecular formula is C12H24N2O. The first-order valence-corrected chi connectivity index (χ1v) is 6.04. The van der Waals surface area contributed by atoms with Crippen LogP contribution in [0.25, 0.3) is 0 Å². The van der Waals surface area contributed by atoms with E-state index in [-0.39, 0.29) is 17.9 Å². The third-order valence-electron chi connectivity index (χ3n) is 3.06. The van der Waals surface area contributed by atoms with Crippen LogP contribution in [-0.4, -0.2) is 18.5 Å². The SMILES string of the molecule is CC(C)CC(N)CNC(=O)C(C)C1CC1. The van der Waals surface area contributed by atoms with Gasteiger partial charge < -0.3 is 11.1 Å². The molecule has 0 saturated heterocycles. The topological polar surface area (TPSA) is 55.1 Å². The van der Waals surface area contributed by atoms with Gasteiger partial charge in [0.05, 0.1) is 0 Å². The monoisotopic (exact) mass is 212 g/mol. The van der Waals surface area contributed by atoms with Crippen molar-refractivity contribution < 1.29 is 4.79 Å². The normalized spacial score (nSPS) is 20.1. The molecule has 3 nitrogen and oxygen atoms in total. The van der Waals surface area contributed by atoms with Gasteiger partial charge >= 0.3 is 0 Å². The fraction of sp³-hybridized carbons (Fsp3) is 0.917. The van der Waals surface area contributed by atoms with Gasteiger partial charge in [-0.15, -0.1) is 0 Å². The van der Waals surface area contributed by atoms with Crippen LogP contribution in [0.1, 0.15) is 40.0 Å². The first kappa shape index (κ1) is 12.5. The number of amides is 1. The largest absolute Gasteiger partial charge is 0.354 e. The Balaban J connectivity index is 2.15. The lowest BCUT2D eigenvalue weighted by Crippen LogP contribution is -2.40. The standard InChI is InChI=1S/C12H24N2O/c1-8(2)6-11(13)7-14-12(15)9(3)10-4-5-10/h8-11H,4-7,13H2,1-3H3,(H,14,15). The van der Waals surface area contributed by atoms with Gasteiger partial charge in [0.15, 0.2) is 0 Å². The number of nitrogens with two attached hydrogens (primary N) is 1. The second-order valence-electron chi connectivity index (χ2n) is 5.26. The third-order valence-corrected chi connectivity index (χ3v) is 3.06. The van der Waals surface area contributed by atoms with Gasteiger partial charge in [-0.25, -0.2) is 0 Å². The minimum absolute atomic E-state index is 0.0975. The average Bonchev–Trinajstić information content (AvgIpc) is 2.95. The molecule has 2 atom stereocenters. The molecule has 0 spiro atoms. The minimum atomic E-state index is 0.0975. The Morgan fingerprint density at radius 1 is 1.40 bits per heavy atom. The van der Waals surface area contributed by atoms with Crippen molar-refractivity contribution in [2.45, 2.75) is 46.1 Å². The zero-order chi connectivity index (χ0) is 11.4. The van der Waals surface area contributed by atoms with E-state index in [1.165, 1.54) is 12.8 Å². The molecule has 2 unspecified atom stereocenters. The summed E-state index contributed by atoms with van der Waals surface area (Å²) in [6.45, 7) is 6.93. The Bertz CT molecular complexity index is 212. The van der Waals surface area contributed by atoms with Gasteiger partial charge in [0, 0.05) is 18.5 Å². The van der Waals surface area contributed by atoms with Crippen LogP contribution in [-0.2, 0) is 4.79 Å². The number of nitrogens with one attached hydrogen (secondary N) is 1. The van der Waals surface area contributed by atoms with E-state index in [9.17, 15) is 4.79 Å². The summed E-state index contributed by atoms with van der Waals surface area (Å²) in [5, 5.41) is 2.94. The highest BCUT2D eigenvalue weighted by molar-refractivity contribution is 5.78. The number of rotatable bonds is 6. The van der Waals surface area contributed by atoms with Gasteiger partial charge in [-0.1, -0.05) is 20.8 Å². The predicted molar refractivity (Wildman–Crippen MR) is 62.3 cm³/mol. The van der Waals surface area contributed by atoms with Crippen molar-refractivity contribution in [1.29, 1.82) is 0 Å². The predicted octanol–water partition coefficient (Wildman–Crippen LogP) is 1.52. The smallest absolute Gasteiger partial charge is 0.223 e. The molecule has 0 aromatic carbocycles. The summed E-state index contributed by atoms with van der Waals surface area (Å²) in [6.07, 6.45) is 3.40. The highest BCUT2D eigenvalue weighted by Crippen LogP contribution is 2.36. The van der Waals surface area contributed by atoms with Crippen LogP contribution in [0.3, 0.4) is 0 Å². The summed E-state index contributed by atoms with van der Waals surface area (Å²) in [4.78, 5) is 11.6. The Morgan fingerprint density at radius 2 is 2.00 bits per heavy atom. The summed E-state index contributed by atoms with van der Waals surface area (Å²) in [7, 11) is 0. The van der Waals surface area contributed by atoms with Crippen LogP contribution >= 0.6 is 0 Å². The van der Waals surface area contributed by atoms with Gasteiger partial charge in [0.25, 0.3) is 0 Å². The fourth-order valence-electron chi connectivity index (χ4n) is 1.89. The maximum Gasteiger partial charge on any atom is 0.223 e. The maximum atomic E-state index is 11.6. The van der Waals surface area contributed by atoms with Gasteiger partial charge in [0.2, 0.25) is 5.91 Å². The molecule has 88 valence electrons. The number of carbonyl (C=O) groups is 1. The van der Waals surface area contributed by atoms with Crippen molar-refractivity contribution >= 4 is 5.91 Å². The van der Waals surface area contributed by atoms with Gasteiger partial charge in [-0.05, 0) is 31.1 Å². The minimum Gasteiger partial charge on any atom is -0.354 e. The molecule has 1 saturated carbocycles. The average molecular weight is 212 g/mol. The van der Waals surface area contributed by atoms with E-state index in [4.69, 9.17) is 5.73 Å². The molecule has 0 radical (unpaired) electrons. The molecule has 1 aliphatic carbocycles. The van der Waals surface area contributed by atoms with Crippen molar-refractivity contribution in [3.8, 4) is 0 Å². The van der Waals surface area contributed by atoms with E-state index in [2.05, 4.69) is 19.2 Å². The maximum absolute atomic E-state index is 11.6. The van der Waals surface area contributed by atoms with E-state index in [1.54, 1.807) is 0 Å². The van der Waals surface area contributed by atoms with Crippen molar-refractivity contribution in [3.63, 3.8) is 0 Å². The number of hydrogen-bond donors (Lipinski definition) is 2. The zero-order valence-electron chi connectivity index (χ0n) is 10.1. The Morgan fingerprint density at radius 3 is 2.47 bits per heavy atom. The van der Waals surface area contributed by atoms with E-state index in [0.29, 0.717) is 18.4 Å². The summed E-state index contributed by atoms with van der Waals surface area (Å²) in [5.41, 5.74) is 5.90. The highest BCUT2D eigenvalue weighted by atomic mass is 16.1. The summed E-state index contributed by atoms with van der Waals surface area (Å²) < 4.78 is 0. The first-order valence-electron chi connectivity index (χ1n) is 6.04. The lowest BCUT2D eigenvalue weighted by Gasteiger charge is -2.16. The van der Waals surface area contributed by atoms with Crippen LogP contribution in [0, 0.1) is 17.8 Å². The molecule has 3 heteroatoms. The molecule has 15 heavy (non-hydrogen) atoms. The molecule has 0 aromatic heterocycles. The molecule has 1 rings (SSSR count). The molecule has 0 aromatic rings. The first-order chi connectivity index (χ1) is 7.00. The molecule has 1 fully saturated rings. The van der Waals surface area contributed by atoms with Gasteiger partial charge in [-0.2, -0.15) is 0 Å². The molecule has 0 heterocycles. The summed E-state index contributed by atoms with van der Waals surface area (Å²) >= 11 is 0. The van der Waals surface area contributed by atoms with Crippen LogP contribution in [0.2, 0.25) is 0 Å². The third kappa shape index (κ3) is 4.65. The zero-order valence-corrected chi connectivity index (χ0v) is 10.1. The van der Waals surface area contributed by atoms with E-state index in [1.807, 2.05) is 6.92 Å². The summed E-state index contributed by atoms with van der Waals surface area (Å²) in [5.74, 6) is 1.58. The van der Waals surface area contributed by atoms with E-state index in [0.717, 1.165) is 6.42 Å². The quantitative estimate of drug-likeness (QED) is 0.701.